The number of sulfonamides is 1. The molecule has 0 unspecified atom stereocenters. The van der Waals surface area contributed by atoms with Crippen molar-refractivity contribution in [3.8, 4) is 11.5 Å². The molecule has 3 rings (SSSR count). The van der Waals surface area contributed by atoms with Gasteiger partial charge in [0.2, 0.25) is 15.9 Å². The van der Waals surface area contributed by atoms with Crippen LogP contribution in [0.4, 0.5) is 0 Å². The Bertz CT molecular complexity index is 786. The first kappa shape index (κ1) is 18.9. The molecule has 1 aromatic rings. The van der Waals surface area contributed by atoms with E-state index in [2.05, 4.69) is 0 Å². The maximum absolute atomic E-state index is 13.1. The van der Waals surface area contributed by atoms with Gasteiger partial charge in [0.25, 0.3) is 0 Å². The summed E-state index contributed by atoms with van der Waals surface area (Å²) >= 11 is 0. The van der Waals surface area contributed by atoms with Crippen molar-refractivity contribution in [3.63, 3.8) is 0 Å². The molecule has 26 heavy (non-hydrogen) atoms. The molecule has 1 aromatic carbocycles. The van der Waals surface area contributed by atoms with Gasteiger partial charge in [-0.1, -0.05) is 0 Å². The second kappa shape index (κ2) is 7.05. The molecule has 2 heterocycles. The quantitative estimate of drug-likeness (QED) is 0.760. The van der Waals surface area contributed by atoms with Gasteiger partial charge >= 0.3 is 0 Å². The summed E-state index contributed by atoms with van der Waals surface area (Å²) in [5.74, 6) is 0.686. The fourth-order valence-corrected chi connectivity index (χ4v) is 5.06. The van der Waals surface area contributed by atoms with Crippen LogP contribution in [-0.2, 0) is 19.6 Å². The first-order chi connectivity index (χ1) is 12.3. The Labute approximate surface area is 153 Å². The predicted octanol–water partition coefficient (Wildman–Crippen LogP) is 0.716. The summed E-state index contributed by atoms with van der Waals surface area (Å²) < 4.78 is 43.8. The zero-order valence-electron chi connectivity index (χ0n) is 15.2. The van der Waals surface area contributed by atoms with Gasteiger partial charge in [-0.2, -0.15) is 4.31 Å². The van der Waals surface area contributed by atoms with Crippen molar-refractivity contribution < 1.29 is 27.4 Å². The number of hydrogen-bond donors (Lipinski definition) is 0. The maximum atomic E-state index is 13.1. The molecule has 0 aromatic heterocycles. The van der Waals surface area contributed by atoms with Crippen LogP contribution in [0.15, 0.2) is 23.1 Å². The molecule has 2 aliphatic rings. The van der Waals surface area contributed by atoms with Crippen LogP contribution in [0.1, 0.15) is 12.8 Å². The van der Waals surface area contributed by atoms with Crippen LogP contribution < -0.4 is 9.47 Å². The molecule has 0 bridgehead atoms. The van der Waals surface area contributed by atoms with Crippen molar-refractivity contribution in [1.82, 2.24) is 9.21 Å². The van der Waals surface area contributed by atoms with Gasteiger partial charge in [-0.15, -0.1) is 0 Å². The molecule has 144 valence electrons. The third kappa shape index (κ3) is 3.38. The average molecular weight is 384 g/mol. The SMILES string of the molecule is COc1ccc(OC)c(S(=O)(=O)N2CCC3(CC2)CN(C)C(=O)CO3)c1. The second-order valence-corrected chi connectivity index (χ2v) is 8.55. The minimum atomic E-state index is -3.72. The van der Waals surface area contributed by atoms with Gasteiger partial charge < -0.3 is 19.1 Å². The van der Waals surface area contributed by atoms with Crippen molar-refractivity contribution >= 4 is 15.9 Å². The number of morpholine rings is 1. The Balaban J connectivity index is 1.80. The van der Waals surface area contributed by atoms with E-state index < -0.39 is 15.6 Å². The van der Waals surface area contributed by atoms with Crippen molar-refractivity contribution in [2.75, 3.05) is 47.5 Å². The largest absolute Gasteiger partial charge is 0.497 e. The highest BCUT2D eigenvalue weighted by Crippen LogP contribution is 2.35. The summed E-state index contributed by atoms with van der Waals surface area (Å²) in [6.45, 7) is 1.19. The standard InChI is InChI=1S/C17H24N2O6S/c1-18-12-17(25-11-16(18)20)6-8-19(9-7-17)26(21,22)15-10-13(23-2)4-5-14(15)24-3/h4-5,10H,6-9,11-12H2,1-3H3. The lowest BCUT2D eigenvalue weighted by Crippen LogP contribution is -2.58. The summed E-state index contributed by atoms with van der Waals surface area (Å²) in [4.78, 5) is 13.4. The van der Waals surface area contributed by atoms with Crippen LogP contribution in [0.3, 0.4) is 0 Å². The molecular formula is C17H24N2O6S. The lowest BCUT2D eigenvalue weighted by Gasteiger charge is -2.45. The fourth-order valence-electron chi connectivity index (χ4n) is 3.45. The van der Waals surface area contributed by atoms with Crippen LogP contribution in [-0.4, -0.2) is 76.6 Å². The number of carbonyl (C=O) groups is 1. The highest BCUT2D eigenvalue weighted by atomic mass is 32.2. The average Bonchev–Trinajstić information content (AvgIpc) is 2.65. The number of nitrogens with zero attached hydrogens (tertiary/aromatic N) is 2. The van der Waals surface area contributed by atoms with Crippen molar-refractivity contribution in [2.45, 2.75) is 23.3 Å². The number of hydrogen-bond acceptors (Lipinski definition) is 6. The first-order valence-electron chi connectivity index (χ1n) is 8.41. The van der Waals surface area contributed by atoms with Gasteiger partial charge in [0.15, 0.2) is 0 Å². The molecule has 0 aliphatic carbocycles. The van der Waals surface area contributed by atoms with E-state index in [1.165, 1.54) is 24.6 Å². The Morgan fingerprint density at radius 1 is 1.15 bits per heavy atom. The second-order valence-electron chi connectivity index (χ2n) is 6.64. The van der Waals surface area contributed by atoms with Gasteiger partial charge in [-0.3, -0.25) is 4.79 Å². The Morgan fingerprint density at radius 2 is 1.85 bits per heavy atom. The topological polar surface area (TPSA) is 85.4 Å². The van der Waals surface area contributed by atoms with E-state index in [1.807, 2.05) is 0 Å². The fraction of sp³-hybridized carbons (Fsp3) is 0.588. The van der Waals surface area contributed by atoms with Gasteiger partial charge in [-0.05, 0) is 25.0 Å². The molecular weight excluding hydrogens is 360 g/mol. The molecule has 0 atom stereocenters. The minimum absolute atomic E-state index is 0.0486. The van der Waals surface area contributed by atoms with Crippen molar-refractivity contribution in [2.24, 2.45) is 0 Å². The number of carbonyl (C=O) groups excluding carboxylic acids is 1. The van der Waals surface area contributed by atoms with Crippen LogP contribution in [0, 0.1) is 0 Å². The zero-order chi connectivity index (χ0) is 18.9. The Kier molecular flexibility index (Phi) is 5.14. The number of amides is 1. The van der Waals surface area contributed by atoms with Crippen molar-refractivity contribution in [1.29, 1.82) is 0 Å². The minimum Gasteiger partial charge on any atom is -0.497 e. The van der Waals surface area contributed by atoms with Gasteiger partial charge in [0.1, 0.15) is 23.0 Å². The molecule has 0 saturated carbocycles. The Morgan fingerprint density at radius 3 is 2.42 bits per heavy atom. The summed E-state index contributed by atoms with van der Waals surface area (Å²) in [6.07, 6.45) is 1.08. The highest BCUT2D eigenvalue weighted by Gasteiger charge is 2.44. The molecule has 1 spiro atoms. The lowest BCUT2D eigenvalue weighted by molar-refractivity contribution is -0.167. The molecule has 1 amide bonds. The third-order valence-corrected chi connectivity index (χ3v) is 7.00. The number of rotatable bonds is 4. The normalized spacial score (nSPS) is 21.0. The van der Waals surface area contributed by atoms with Gasteiger partial charge in [0.05, 0.1) is 19.8 Å². The van der Waals surface area contributed by atoms with E-state index in [0.717, 1.165) is 0 Å². The predicted molar refractivity (Wildman–Crippen MR) is 93.9 cm³/mol. The number of ether oxygens (including phenoxy) is 3. The summed E-state index contributed by atoms with van der Waals surface area (Å²) in [6, 6.07) is 4.72. The molecule has 0 N–H and O–H groups in total. The molecule has 9 heteroatoms. The van der Waals surface area contributed by atoms with E-state index >= 15 is 0 Å². The molecule has 8 nitrogen and oxygen atoms in total. The first-order valence-corrected chi connectivity index (χ1v) is 9.85. The van der Waals surface area contributed by atoms with Gasteiger partial charge in [-0.25, -0.2) is 8.42 Å². The van der Waals surface area contributed by atoms with Crippen LogP contribution >= 0.6 is 0 Å². The van der Waals surface area contributed by atoms with E-state index in [1.54, 1.807) is 24.1 Å². The monoisotopic (exact) mass is 384 g/mol. The van der Waals surface area contributed by atoms with E-state index in [4.69, 9.17) is 14.2 Å². The Hall–Kier alpha value is -1.84. The lowest BCUT2D eigenvalue weighted by atomic mass is 9.90. The molecule has 0 radical (unpaired) electrons. The summed E-state index contributed by atoms with van der Waals surface area (Å²) in [5, 5.41) is 0. The van der Waals surface area contributed by atoms with Crippen molar-refractivity contribution in [3.05, 3.63) is 18.2 Å². The van der Waals surface area contributed by atoms with E-state index in [0.29, 0.717) is 38.2 Å². The maximum Gasteiger partial charge on any atom is 0.248 e. The molecule has 2 fully saturated rings. The smallest absolute Gasteiger partial charge is 0.248 e. The molecule has 2 saturated heterocycles. The number of methoxy groups -OCH3 is 2. The number of piperidine rings is 1. The zero-order valence-corrected chi connectivity index (χ0v) is 16.0. The van der Waals surface area contributed by atoms with Crippen LogP contribution in [0.2, 0.25) is 0 Å². The number of likely N-dealkylation sites (N-methyl/N-ethyl adjacent to an activating group) is 1. The van der Waals surface area contributed by atoms with Gasteiger partial charge in [0, 0.05) is 32.7 Å². The number of benzene rings is 1. The van der Waals surface area contributed by atoms with E-state index in [9.17, 15) is 13.2 Å². The molecule has 2 aliphatic heterocycles. The van der Waals surface area contributed by atoms with Crippen LogP contribution in [0.5, 0.6) is 11.5 Å². The van der Waals surface area contributed by atoms with Crippen LogP contribution in [0.25, 0.3) is 0 Å². The summed E-state index contributed by atoms with van der Waals surface area (Å²) in [7, 11) is 0.948. The summed E-state index contributed by atoms with van der Waals surface area (Å²) in [5.41, 5.74) is -0.465. The van der Waals surface area contributed by atoms with E-state index in [-0.39, 0.29) is 23.2 Å². The third-order valence-electron chi connectivity index (χ3n) is 5.08. The highest BCUT2D eigenvalue weighted by molar-refractivity contribution is 7.89.